The molecular formula is C30H41NO4. The molecule has 4 atom stereocenters. The number of hydrogen-bond acceptors (Lipinski definition) is 5. The van der Waals surface area contributed by atoms with Crippen molar-refractivity contribution in [3.05, 3.63) is 71.8 Å². The number of esters is 2. The summed E-state index contributed by atoms with van der Waals surface area (Å²) in [5, 5.41) is 0. The number of carbonyl (C=O) groups excluding carboxylic acids is 2. The van der Waals surface area contributed by atoms with Gasteiger partial charge in [0, 0.05) is 36.4 Å². The van der Waals surface area contributed by atoms with Crippen LogP contribution in [-0.2, 0) is 20.7 Å². The van der Waals surface area contributed by atoms with Crippen molar-refractivity contribution in [2.24, 2.45) is 5.92 Å². The van der Waals surface area contributed by atoms with Gasteiger partial charge in [0.05, 0.1) is 5.56 Å². The summed E-state index contributed by atoms with van der Waals surface area (Å²) in [6, 6.07) is 19.2. The third-order valence-corrected chi connectivity index (χ3v) is 8.23. The van der Waals surface area contributed by atoms with E-state index in [1.54, 1.807) is 12.1 Å². The highest BCUT2D eigenvalue weighted by molar-refractivity contribution is 5.89. The van der Waals surface area contributed by atoms with Gasteiger partial charge in [0.1, 0.15) is 12.7 Å². The molecular weight excluding hydrogens is 438 g/mol. The molecule has 0 aliphatic carbocycles. The standard InChI is InChI=1S/C30H41NO4/c1-6-29(4)22-26(35-27(32)19-18-24-14-10-8-11-15-24)23(3)30(5,7-2)31(29)20-21-34-28(33)25-16-12-9-13-17-25/h8-17,23,26H,6-7,18-22H2,1-5H3. The Labute approximate surface area is 210 Å². The van der Waals surface area contributed by atoms with E-state index in [9.17, 15) is 9.59 Å². The highest BCUT2D eigenvalue weighted by atomic mass is 16.5. The zero-order valence-electron chi connectivity index (χ0n) is 22.0. The van der Waals surface area contributed by atoms with E-state index in [1.165, 1.54) is 0 Å². The number of likely N-dealkylation sites (tertiary alicyclic amines) is 1. The number of benzene rings is 2. The summed E-state index contributed by atoms with van der Waals surface area (Å²) in [5.74, 6) is -0.275. The molecule has 4 unspecified atom stereocenters. The second kappa shape index (κ2) is 11.9. The van der Waals surface area contributed by atoms with Gasteiger partial charge in [-0.3, -0.25) is 9.69 Å². The Kier molecular flexibility index (Phi) is 9.12. The maximum Gasteiger partial charge on any atom is 0.338 e. The van der Waals surface area contributed by atoms with E-state index in [1.807, 2.05) is 48.5 Å². The van der Waals surface area contributed by atoms with Gasteiger partial charge >= 0.3 is 11.9 Å². The molecule has 1 fully saturated rings. The lowest BCUT2D eigenvalue weighted by Gasteiger charge is -2.60. The Balaban J connectivity index is 1.66. The van der Waals surface area contributed by atoms with Crippen molar-refractivity contribution in [1.29, 1.82) is 0 Å². The summed E-state index contributed by atoms with van der Waals surface area (Å²) in [7, 11) is 0. The van der Waals surface area contributed by atoms with Crippen LogP contribution >= 0.6 is 0 Å². The van der Waals surface area contributed by atoms with Crippen LogP contribution in [0.5, 0.6) is 0 Å². The summed E-state index contributed by atoms with van der Waals surface area (Å²) in [6.45, 7) is 12.0. The molecule has 0 spiro atoms. The predicted octanol–water partition coefficient (Wildman–Crippen LogP) is 6.07. The maximum atomic E-state index is 12.8. The van der Waals surface area contributed by atoms with E-state index in [-0.39, 0.29) is 35.0 Å². The van der Waals surface area contributed by atoms with Crippen LogP contribution in [0.3, 0.4) is 0 Å². The van der Waals surface area contributed by atoms with Gasteiger partial charge in [-0.25, -0.2) is 4.79 Å². The molecule has 1 saturated heterocycles. The number of aryl methyl sites for hydroxylation is 1. The minimum Gasteiger partial charge on any atom is -0.462 e. The average molecular weight is 480 g/mol. The quantitative estimate of drug-likeness (QED) is 0.387. The second-order valence-electron chi connectivity index (χ2n) is 10.2. The highest BCUT2D eigenvalue weighted by Gasteiger charge is 2.53. The first-order valence-electron chi connectivity index (χ1n) is 13.0. The Morgan fingerprint density at radius 1 is 0.971 bits per heavy atom. The third kappa shape index (κ3) is 6.32. The van der Waals surface area contributed by atoms with Crippen molar-refractivity contribution in [2.45, 2.75) is 83.9 Å². The lowest BCUT2D eigenvalue weighted by molar-refractivity contribution is -0.178. The Hall–Kier alpha value is -2.66. The van der Waals surface area contributed by atoms with Gasteiger partial charge in [-0.05, 0) is 50.8 Å². The van der Waals surface area contributed by atoms with E-state index in [2.05, 4.69) is 39.5 Å². The van der Waals surface area contributed by atoms with Crippen LogP contribution in [0.25, 0.3) is 0 Å². The molecule has 3 rings (SSSR count). The summed E-state index contributed by atoms with van der Waals surface area (Å²) in [5.41, 5.74) is 1.36. The average Bonchev–Trinajstić information content (AvgIpc) is 2.89. The van der Waals surface area contributed by atoms with Crippen molar-refractivity contribution in [1.82, 2.24) is 4.90 Å². The van der Waals surface area contributed by atoms with Crippen molar-refractivity contribution >= 4 is 11.9 Å². The Morgan fingerprint density at radius 2 is 1.60 bits per heavy atom. The van der Waals surface area contributed by atoms with E-state index in [4.69, 9.17) is 9.47 Å². The fourth-order valence-electron chi connectivity index (χ4n) is 5.51. The molecule has 1 aliphatic heterocycles. The highest BCUT2D eigenvalue weighted by Crippen LogP contribution is 2.46. The van der Waals surface area contributed by atoms with Crippen LogP contribution < -0.4 is 0 Å². The van der Waals surface area contributed by atoms with Crippen LogP contribution in [0.15, 0.2) is 60.7 Å². The summed E-state index contributed by atoms with van der Waals surface area (Å²) < 4.78 is 11.8. The van der Waals surface area contributed by atoms with Gasteiger partial charge in [0.25, 0.3) is 0 Å². The van der Waals surface area contributed by atoms with Crippen LogP contribution in [0.2, 0.25) is 0 Å². The summed E-state index contributed by atoms with van der Waals surface area (Å²) >= 11 is 0. The van der Waals surface area contributed by atoms with E-state index < -0.39 is 0 Å². The fourth-order valence-corrected chi connectivity index (χ4v) is 5.51. The first-order valence-corrected chi connectivity index (χ1v) is 13.0. The van der Waals surface area contributed by atoms with Crippen molar-refractivity contribution in [3.63, 3.8) is 0 Å². The molecule has 5 nitrogen and oxygen atoms in total. The maximum absolute atomic E-state index is 12.8. The van der Waals surface area contributed by atoms with E-state index >= 15 is 0 Å². The molecule has 0 saturated carbocycles. The van der Waals surface area contributed by atoms with Crippen molar-refractivity contribution < 1.29 is 19.1 Å². The van der Waals surface area contributed by atoms with Gasteiger partial charge < -0.3 is 9.47 Å². The molecule has 0 aromatic heterocycles. The molecule has 190 valence electrons. The number of carbonyl (C=O) groups is 2. The lowest BCUT2D eigenvalue weighted by atomic mass is 9.68. The lowest BCUT2D eigenvalue weighted by Crippen LogP contribution is -2.68. The van der Waals surface area contributed by atoms with Gasteiger partial charge in [-0.1, -0.05) is 69.3 Å². The van der Waals surface area contributed by atoms with Gasteiger partial charge in [0.2, 0.25) is 0 Å². The predicted molar refractivity (Wildman–Crippen MR) is 139 cm³/mol. The van der Waals surface area contributed by atoms with Crippen LogP contribution in [-0.4, -0.2) is 47.2 Å². The minimum absolute atomic E-state index is 0.132. The normalized spacial score (nSPS) is 26.8. The molecule has 1 heterocycles. The second-order valence-corrected chi connectivity index (χ2v) is 10.2. The van der Waals surface area contributed by atoms with Crippen molar-refractivity contribution in [2.75, 3.05) is 13.2 Å². The number of piperidine rings is 1. The van der Waals surface area contributed by atoms with Crippen LogP contribution in [0, 0.1) is 5.92 Å². The molecule has 0 N–H and O–H groups in total. The first kappa shape index (κ1) is 26.9. The number of nitrogens with zero attached hydrogens (tertiary/aromatic N) is 1. The molecule has 0 radical (unpaired) electrons. The monoisotopic (exact) mass is 479 g/mol. The number of rotatable bonds is 10. The van der Waals surface area contributed by atoms with Gasteiger partial charge in [-0.15, -0.1) is 0 Å². The first-order chi connectivity index (χ1) is 16.7. The molecule has 2 aromatic rings. The molecule has 5 heteroatoms. The molecule has 35 heavy (non-hydrogen) atoms. The van der Waals surface area contributed by atoms with Crippen LogP contribution in [0.1, 0.15) is 76.2 Å². The third-order valence-electron chi connectivity index (χ3n) is 8.23. The zero-order chi connectivity index (χ0) is 25.5. The topological polar surface area (TPSA) is 55.8 Å². The molecule has 0 bridgehead atoms. The summed E-state index contributed by atoms with van der Waals surface area (Å²) in [6.07, 6.45) is 3.53. The largest absolute Gasteiger partial charge is 0.462 e. The smallest absolute Gasteiger partial charge is 0.338 e. The summed E-state index contributed by atoms with van der Waals surface area (Å²) in [4.78, 5) is 27.7. The number of ether oxygens (including phenoxy) is 2. The number of hydrogen-bond donors (Lipinski definition) is 0. The Morgan fingerprint density at radius 3 is 2.20 bits per heavy atom. The molecule has 2 aromatic carbocycles. The van der Waals surface area contributed by atoms with E-state index in [0.717, 1.165) is 24.8 Å². The van der Waals surface area contributed by atoms with E-state index in [0.29, 0.717) is 31.6 Å². The van der Waals surface area contributed by atoms with Crippen molar-refractivity contribution in [3.8, 4) is 0 Å². The van der Waals surface area contributed by atoms with Crippen LogP contribution in [0.4, 0.5) is 0 Å². The molecule has 0 amide bonds. The SMILES string of the molecule is CCC1(C)CC(OC(=O)CCc2ccccc2)C(C)C(C)(CC)N1CCOC(=O)c1ccccc1. The molecule has 1 aliphatic rings. The van der Waals surface area contributed by atoms with Gasteiger partial charge in [0.15, 0.2) is 0 Å². The Bertz CT molecular complexity index is 963. The van der Waals surface area contributed by atoms with Gasteiger partial charge in [-0.2, -0.15) is 0 Å². The fraction of sp³-hybridized carbons (Fsp3) is 0.533. The zero-order valence-corrected chi connectivity index (χ0v) is 22.0. The minimum atomic E-state index is -0.294.